The lowest BCUT2D eigenvalue weighted by atomic mass is 10.3. The lowest BCUT2D eigenvalue weighted by molar-refractivity contribution is -0.142. The molecule has 0 saturated carbocycles. The van der Waals surface area contributed by atoms with Crippen molar-refractivity contribution in [1.29, 1.82) is 0 Å². The minimum atomic E-state index is -0.413. The number of nitrogens with one attached hydrogen (secondary N) is 1. The maximum Gasteiger partial charge on any atom is 0.311 e. The number of hydrogen-bond donors (Lipinski definition) is 1. The third kappa shape index (κ3) is 3.44. The van der Waals surface area contributed by atoms with Crippen molar-refractivity contribution < 1.29 is 14.3 Å². The first kappa shape index (κ1) is 16.5. The van der Waals surface area contributed by atoms with Crippen LogP contribution in [0.4, 0.5) is 5.13 Å². The zero-order chi connectivity index (χ0) is 17.1. The fraction of sp³-hybridized carbons (Fsp3) is 0.214. The van der Waals surface area contributed by atoms with Gasteiger partial charge in [-0.05, 0) is 28.9 Å². The summed E-state index contributed by atoms with van der Waals surface area (Å²) in [6, 6.07) is 1.72. The van der Waals surface area contributed by atoms with Gasteiger partial charge in [0.1, 0.15) is 0 Å². The largest absolute Gasteiger partial charge is 0.466 e. The van der Waals surface area contributed by atoms with E-state index in [2.05, 4.69) is 36.3 Å². The van der Waals surface area contributed by atoms with Crippen LogP contribution in [0.5, 0.6) is 0 Å². The number of hydrogen-bond acceptors (Lipinski definition) is 7. The number of aromatic nitrogens is 4. The van der Waals surface area contributed by atoms with Crippen LogP contribution in [0.1, 0.15) is 23.1 Å². The highest BCUT2D eigenvalue weighted by Gasteiger charge is 2.19. The molecule has 3 heterocycles. The van der Waals surface area contributed by atoms with Crippen LogP contribution in [0.25, 0.3) is 5.65 Å². The van der Waals surface area contributed by atoms with Gasteiger partial charge in [0.25, 0.3) is 5.91 Å². The molecule has 0 unspecified atom stereocenters. The maximum absolute atomic E-state index is 12.4. The molecular formula is C14H12BrN5O3S. The molecule has 0 fully saturated rings. The molecule has 24 heavy (non-hydrogen) atoms. The predicted octanol–water partition coefficient (Wildman–Crippen LogP) is 2.31. The summed E-state index contributed by atoms with van der Waals surface area (Å²) in [6.45, 7) is 2.06. The van der Waals surface area contributed by atoms with Crippen molar-refractivity contribution >= 4 is 49.9 Å². The smallest absolute Gasteiger partial charge is 0.311 e. The average Bonchev–Trinajstić information content (AvgIpc) is 3.12. The second kappa shape index (κ2) is 7.05. The first-order valence-electron chi connectivity index (χ1n) is 6.98. The fourth-order valence-corrected chi connectivity index (χ4v) is 3.21. The fourth-order valence-electron chi connectivity index (χ4n) is 1.97. The first-order chi connectivity index (χ1) is 11.6. The van der Waals surface area contributed by atoms with Crippen LogP contribution in [0, 0.1) is 0 Å². The van der Waals surface area contributed by atoms with Crippen LogP contribution in [0.3, 0.4) is 0 Å². The van der Waals surface area contributed by atoms with Crippen LogP contribution >= 0.6 is 27.3 Å². The van der Waals surface area contributed by atoms with Gasteiger partial charge in [-0.25, -0.2) is 14.5 Å². The number of ether oxygens (including phenoxy) is 1. The summed E-state index contributed by atoms with van der Waals surface area (Å²) in [7, 11) is 0. The molecule has 0 bridgehead atoms. The Kier molecular flexibility index (Phi) is 4.86. The summed E-state index contributed by atoms with van der Waals surface area (Å²) in [5.74, 6) is -0.765. The molecule has 1 N–H and O–H groups in total. The van der Waals surface area contributed by atoms with E-state index in [1.54, 1.807) is 30.8 Å². The minimum absolute atomic E-state index is 0.0716. The molecule has 0 atom stereocenters. The van der Waals surface area contributed by atoms with E-state index in [1.807, 2.05) is 0 Å². The van der Waals surface area contributed by atoms with Crippen LogP contribution in [-0.2, 0) is 16.0 Å². The maximum atomic E-state index is 12.4. The van der Waals surface area contributed by atoms with Crippen LogP contribution in [0.2, 0.25) is 0 Å². The van der Waals surface area contributed by atoms with Crippen LogP contribution in [0.15, 0.2) is 28.3 Å². The average molecular weight is 410 g/mol. The van der Waals surface area contributed by atoms with Gasteiger partial charge in [-0.15, -0.1) is 11.3 Å². The van der Waals surface area contributed by atoms with E-state index in [9.17, 15) is 9.59 Å². The molecule has 0 aliphatic rings. The Morgan fingerprint density at radius 3 is 3.04 bits per heavy atom. The standard InChI is InChI=1S/C14H12BrN5O3S/c1-2-23-9(21)6-8-7-24-14(17-8)18-13(22)11-10(15)12-16-4-3-5-20(12)19-11/h3-5,7H,2,6H2,1H3,(H,17,18,22). The van der Waals surface area contributed by atoms with Gasteiger partial charge in [0.2, 0.25) is 0 Å². The number of fused-ring (bicyclic) bond motifs is 1. The Bertz CT molecular complexity index is 907. The molecule has 3 rings (SSSR count). The van der Waals surface area contributed by atoms with Gasteiger partial charge in [-0.3, -0.25) is 14.9 Å². The van der Waals surface area contributed by atoms with E-state index >= 15 is 0 Å². The summed E-state index contributed by atoms with van der Waals surface area (Å²) in [6.07, 6.45) is 3.39. The zero-order valence-electron chi connectivity index (χ0n) is 12.5. The van der Waals surface area contributed by atoms with E-state index < -0.39 is 5.91 Å². The quantitative estimate of drug-likeness (QED) is 0.649. The van der Waals surface area contributed by atoms with Gasteiger partial charge in [-0.1, -0.05) is 0 Å². The van der Waals surface area contributed by atoms with Crippen LogP contribution in [-0.4, -0.2) is 38.1 Å². The van der Waals surface area contributed by atoms with Gasteiger partial charge in [0.15, 0.2) is 16.5 Å². The van der Waals surface area contributed by atoms with E-state index in [0.29, 0.717) is 27.6 Å². The first-order valence-corrected chi connectivity index (χ1v) is 8.66. The molecule has 8 nitrogen and oxygen atoms in total. The van der Waals surface area contributed by atoms with Crippen molar-refractivity contribution in [3.8, 4) is 0 Å². The number of esters is 1. The van der Waals surface area contributed by atoms with Crippen molar-refractivity contribution in [2.45, 2.75) is 13.3 Å². The predicted molar refractivity (Wildman–Crippen MR) is 91.1 cm³/mol. The van der Waals surface area contributed by atoms with Gasteiger partial charge in [0.05, 0.1) is 23.2 Å². The van der Waals surface area contributed by atoms with E-state index in [-0.39, 0.29) is 18.1 Å². The lowest BCUT2D eigenvalue weighted by Crippen LogP contribution is -2.13. The Morgan fingerprint density at radius 2 is 2.29 bits per heavy atom. The molecule has 0 aromatic carbocycles. The van der Waals surface area contributed by atoms with E-state index in [4.69, 9.17) is 4.74 Å². The molecule has 10 heteroatoms. The van der Waals surface area contributed by atoms with Crippen molar-refractivity contribution in [2.75, 3.05) is 11.9 Å². The molecule has 0 aliphatic heterocycles. The molecule has 124 valence electrons. The number of nitrogens with zero attached hydrogens (tertiary/aromatic N) is 4. The number of rotatable bonds is 5. The monoisotopic (exact) mass is 409 g/mol. The second-order valence-corrected chi connectivity index (χ2v) is 6.28. The van der Waals surface area contributed by atoms with Crippen molar-refractivity contribution in [3.63, 3.8) is 0 Å². The Balaban J connectivity index is 1.73. The molecule has 3 aromatic heterocycles. The molecule has 0 saturated heterocycles. The second-order valence-electron chi connectivity index (χ2n) is 4.63. The highest BCUT2D eigenvalue weighted by atomic mass is 79.9. The normalized spacial score (nSPS) is 10.8. The molecule has 1 amide bonds. The Morgan fingerprint density at radius 1 is 1.46 bits per heavy atom. The highest BCUT2D eigenvalue weighted by Crippen LogP contribution is 2.23. The Hall–Kier alpha value is -2.33. The van der Waals surface area contributed by atoms with Gasteiger partial charge < -0.3 is 4.74 Å². The zero-order valence-corrected chi connectivity index (χ0v) is 14.9. The summed E-state index contributed by atoms with van der Waals surface area (Å²) in [5, 5.41) is 8.94. The number of anilines is 1. The van der Waals surface area contributed by atoms with Crippen molar-refractivity contribution in [3.05, 3.63) is 39.7 Å². The number of halogens is 1. The highest BCUT2D eigenvalue weighted by molar-refractivity contribution is 9.10. The van der Waals surface area contributed by atoms with Crippen LogP contribution < -0.4 is 5.32 Å². The van der Waals surface area contributed by atoms with E-state index in [1.165, 1.54) is 15.9 Å². The molecule has 0 aliphatic carbocycles. The Labute approximate surface area is 149 Å². The summed E-state index contributed by atoms with van der Waals surface area (Å²) < 4.78 is 6.88. The summed E-state index contributed by atoms with van der Waals surface area (Å²) in [5.41, 5.74) is 1.30. The number of carbonyl (C=O) groups is 2. The summed E-state index contributed by atoms with van der Waals surface area (Å²) >= 11 is 4.57. The third-order valence-corrected chi connectivity index (χ3v) is 4.49. The molecule has 0 radical (unpaired) electrons. The summed E-state index contributed by atoms with van der Waals surface area (Å²) in [4.78, 5) is 32.2. The van der Waals surface area contributed by atoms with E-state index in [0.717, 1.165) is 0 Å². The molecule has 0 spiro atoms. The van der Waals surface area contributed by atoms with Gasteiger partial charge in [0, 0.05) is 17.8 Å². The number of carbonyl (C=O) groups excluding carboxylic acids is 2. The van der Waals surface area contributed by atoms with Crippen molar-refractivity contribution in [1.82, 2.24) is 19.6 Å². The topological polar surface area (TPSA) is 98.5 Å². The van der Waals surface area contributed by atoms with Gasteiger partial charge in [-0.2, -0.15) is 5.10 Å². The number of amides is 1. The third-order valence-electron chi connectivity index (χ3n) is 2.96. The van der Waals surface area contributed by atoms with Gasteiger partial charge >= 0.3 is 5.97 Å². The SMILES string of the molecule is CCOC(=O)Cc1csc(NC(=O)c2nn3cccnc3c2Br)n1. The lowest BCUT2D eigenvalue weighted by Gasteiger charge is -1.99. The minimum Gasteiger partial charge on any atom is -0.466 e. The molecular weight excluding hydrogens is 398 g/mol. The number of thiazole rings is 1. The molecule has 3 aromatic rings. The van der Waals surface area contributed by atoms with Crippen molar-refractivity contribution in [2.24, 2.45) is 0 Å².